The van der Waals surface area contributed by atoms with E-state index in [1.165, 1.54) is 12.3 Å². The molecule has 0 aromatic carbocycles. The number of nitrogens with zero attached hydrogens (tertiary/aromatic N) is 2. The number of halogens is 1. The fraction of sp³-hybridized carbons (Fsp3) is 0.400. The molecule has 4 heteroatoms. The zero-order valence-electron chi connectivity index (χ0n) is 11.7. The van der Waals surface area contributed by atoms with Gasteiger partial charge in [0, 0.05) is 31.2 Å². The van der Waals surface area contributed by atoms with E-state index < -0.39 is 0 Å². The highest BCUT2D eigenvalue weighted by atomic mass is 19.1. The van der Waals surface area contributed by atoms with Crippen molar-refractivity contribution in [2.45, 2.75) is 26.4 Å². The van der Waals surface area contributed by atoms with E-state index in [2.05, 4.69) is 37.3 Å². The third kappa shape index (κ3) is 4.83. The molecule has 0 aliphatic heterocycles. The molecule has 0 unspecified atom stereocenters. The molecule has 0 aliphatic rings. The van der Waals surface area contributed by atoms with Gasteiger partial charge in [-0.05, 0) is 6.07 Å². The van der Waals surface area contributed by atoms with Crippen molar-refractivity contribution in [2.75, 3.05) is 18.0 Å². The molecule has 0 radical (unpaired) electrons. The summed E-state index contributed by atoms with van der Waals surface area (Å²) in [6, 6.07) is 1.86. The number of aromatic nitrogens is 1. The van der Waals surface area contributed by atoms with E-state index in [0.717, 1.165) is 11.4 Å². The lowest BCUT2D eigenvalue weighted by molar-refractivity contribution is 0.577. The zero-order valence-corrected chi connectivity index (χ0v) is 11.7. The second kappa shape index (κ2) is 7.69. The van der Waals surface area contributed by atoms with Crippen LogP contribution in [0.25, 0.3) is 0 Å². The molecule has 0 aliphatic carbocycles. The summed E-state index contributed by atoms with van der Waals surface area (Å²) < 4.78 is 13.4. The molecule has 0 spiro atoms. The van der Waals surface area contributed by atoms with Gasteiger partial charge < -0.3 is 10.2 Å². The van der Waals surface area contributed by atoms with E-state index in [1.807, 2.05) is 4.90 Å². The summed E-state index contributed by atoms with van der Waals surface area (Å²) >= 11 is 0. The van der Waals surface area contributed by atoms with Gasteiger partial charge >= 0.3 is 0 Å². The molecule has 0 fully saturated rings. The molecule has 1 heterocycles. The normalized spacial score (nSPS) is 10.5. The SMILES string of the molecule is C=CCN(CC=C)c1ncc(F)cc1CNC(C)C. The van der Waals surface area contributed by atoms with Gasteiger partial charge in [-0.3, -0.25) is 0 Å². The average molecular weight is 263 g/mol. The molecule has 0 saturated heterocycles. The quantitative estimate of drug-likeness (QED) is 0.731. The largest absolute Gasteiger partial charge is 0.349 e. The van der Waals surface area contributed by atoms with Gasteiger partial charge in [-0.25, -0.2) is 9.37 Å². The standard InChI is InChI=1S/C15H22FN3/c1-5-7-19(8-6-2)15-13(10-17-12(3)4)9-14(16)11-18-15/h5-6,9,11-12,17H,1-2,7-8,10H2,3-4H3. The van der Waals surface area contributed by atoms with Crippen molar-refractivity contribution >= 4 is 5.82 Å². The predicted octanol–water partition coefficient (Wildman–Crippen LogP) is 2.90. The first kappa shape index (κ1) is 15.4. The molecule has 0 amide bonds. The van der Waals surface area contributed by atoms with Crippen molar-refractivity contribution in [3.63, 3.8) is 0 Å². The minimum absolute atomic E-state index is 0.318. The van der Waals surface area contributed by atoms with Crippen LogP contribution in [0, 0.1) is 5.82 Å². The first-order valence-corrected chi connectivity index (χ1v) is 6.43. The van der Waals surface area contributed by atoms with Gasteiger partial charge in [0.25, 0.3) is 0 Å². The monoisotopic (exact) mass is 263 g/mol. The summed E-state index contributed by atoms with van der Waals surface area (Å²) in [5.74, 6) is 0.454. The Balaban J connectivity index is 3.01. The summed E-state index contributed by atoms with van der Waals surface area (Å²) in [6.07, 6.45) is 4.84. The van der Waals surface area contributed by atoms with Crippen LogP contribution in [-0.4, -0.2) is 24.1 Å². The minimum Gasteiger partial charge on any atom is -0.349 e. The maximum Gasteiger partial charge on any atom is 0.141 e. The molecule has 1 aromatic rings. The lowest BCUT2D eigenvalue weighted by Crippen LogP contribution is -2.28. The first-order valence-electron chi connectivity index (χ1n) is 6.43. The van der Waals surface area contributed by atoms with Gasteiger partial charge in [-0.1, -0.05) is 26.0 Å². The van der Waals surface area contributed by atoms with Gasteiger partial charge in [-0.15, -0.1) is 13.2 Å². The van der Waals surface area contributed by atoms with Crippen LogP contribution in [-0.2, 0) is 6.54 Å². The van der Waals surface area contributed by atoms with Crippen LogP contribution in [0.15, 0.2) is 37.6 Å². The average Bonchev–Trinajstić information content (AvgIpc) is 2.36. The number of anilines is 1. The molecule has 0 bridgehead atoms. The van der Waals surface area contributed by atoms with Gasteiger partial charge in [0.15, 0.2) is 0 Å². The molecular weight excluding hydrogens is 241 g/mol. The summed E-state index contributed by atoms with van der Waals surface area (Å²) in [4.78, 5) is 6.22. The molecule has 1 rings (SSSR count). The van der Waals surface area contributed by atoms with Crippen molar-refractivity contribution in [1.82, 2.24) is 10.3 Å². The van der Waals surface area contributed by atoms with Crippen LogP contribution in [0.1, 0.15) is 19.4 Å². The third-order valence-corrected chi connectivity index (χ3v) is 2.61. The number of hydrogen-bond acceptors (Lipinski definition) is 3. The highest BCUT2D eigenvalue weighted by molar-refractivity contribution is 5.48. The molecule has 0 atom stereocenters. The molecule has 1 aromatic heterocycles. The second-order valence-corrected chi connectivity index (χ2v) is 4.65. The molecule has 19 heavy (non-hydrogen) atoms. The summed E-state index contributed by atoms with van der Waals surface area (Å²) in [5.41, 5.74) is 0.845. The van der Waals surface area contributed by atoms with Gasteiger partial charge in [0.2, 0.25) is 0 Å². The Kier molecular flexibility index (Phi) is 6.22. The molecule has 1 N–H and O–H groups in total. The lowest BCUT2D eigenvalue weighted by Gasteiger charge is -2.23. The van der Waals surface area contributed by atoms with E-state index in [-0.39, 0.29) is 5.82 Å². The highest BCUT2D eigenvalue weighted by Gasteiger charge is 2.12. The Hall–Kier alpha value is -1.68. The topological polar surface area (TPSA) is 28.2 Å². The van der Waals surface area contributed by atoms with Crippen LogP contribution < -0.4 is 10.2 Å². The van der Waals surface area contributed by atoms with E-state index >= 15 is 0 Å². The van der Waals surface area contributed by atoms with Crippen molar-refractivity contribution in [2.24, 2.45) is 0 Å². The van der Waals surface area contributed by atoms with Crippen LogP contribution in [0.2, 0.25) is 0 Å². The van der Waals surface area contributed by atoms with Crippen LogP contribution in [0.4, 0.5) is 10.2 Å². The van der Waals surface area contributed by atoms with Gasteiger partial charge in [0.05, 0.1) is 6.20 Å². The molecule has 0 saturated carbocycles. The Morgan fingerprint density at radius 1 is 1.37 bits per heavy atom. The predicted molar refractivity (Wildman–Crippen MR) is 78.8 cm³/mol. The Labute approximate surface area is 114 Å². The zero-order chi connectivity index (χ0) is 14.3. The van der Waals surface area contributed by atoms with Crippen molar-refractivity contribution in [3.05, 3.63) is 49.0 Å². The summed E-state index contributed by atoms with van der Waals surface area (Å²) in [6.45, 7) is 13.5. The van der Waals surface area contributed by atoms with E-state index in [0.29, 0.717) is 25.7 Å². The number of hydrogen-bond donors (Lipinski definition) is 1. The van der Waals surface area contributed by atoms with E-state index in [9.17, 15) is 4.39 Å². The minimum atomic E-state index is -0.318. The van der Waals surface area contributed by atoms with Crippen LogP contribution >= 0.6 is 0 Å². The van der Waals surface area contributed by atoms with Gasteiger partial charge in [-0.2, -0.15) is 0 Å². The first-order chi connectivity index (χ1) is 9.08. The van der Waals surface area contributed by atoms with Crippen molar-refractivity contribution < 1.29 is 4.39 Å². The number of pyridine rings is 1. The second-order valence-electron chi connectivity index (χ2n) is 4.65. The fourth-order valence-corrected chi connectivity index (χ4v) is 1.76. The molecule has 3 nitrogen and oxygen atoms in total. The summed E-state index contributed by atoms with van der Waals surface area (Å²) in [5, 5.41) is 3.28. The maximum atomic E-state index is 13.4. The van der Waals surface area contributed by atoms with Crippen molar-refractivity contribution in [1.29, 1.82) is 0 Å². The van der Waals surface area contributed by atoms with E-state index in [1.54, 1.807) is 12.2 Å². The fourth-order valence-electron chi connectivity index (χ4n) is 1.76. The van der Waals surface area contributed by atoms with E-state index in [4.69, 9.17) is 0 Å². The third-order valence-electron chi connectivity index (χ3n) is 2.61. The lowest BCUT2D eigenvalue weighted by atomic mass is 10.2. The smallest absolute Gasteiger partial charge is 0.141 e. The van der Waals surface area contributed by atoms with Gasteiger partial charge in [0.1, 0.15) is 11.6 Å². The molecular formula is C15H22FN3. The van der Waals surface area contributed by atoms with Crippen LogP contribution in [0.5, 0.6) is 0 Å². The Morgan fingerprint density at radius 3 is 2.53 bits per heavy atom. The highest BCUT2D eigenvalue weighted by Crippen LogP contribution is 2.18. The Bertz CT molecular complexity index is 419. The van der Waals surface area contributed by atoms with Crippen LogP contribution in [0.3, 0.4) is 0 Å². The number of nitrogens with one attached hydrogen (secondary N) is 1. The molecule has 104 valence electrons. The maximum absolute atomic E-state index is 13.4. The number of rotatable bonds is 8. The summed E-state index contributed by atoms with van der Waals surface area (Å²) in [7, 11) is 0. The Morgan fingerprint density at radius 2 is 2.00 bits per heavy atom. The van der Waals surface area contributed by atoms with Crippen molar-refractivity contribution in [3.8, 4) is 0 Å².